The predicted octanol–water partition coefficient (Wildman–Crippen LogP) is 6.14. The minimum atomic E-state index is -0.394. The van der Waals surface area contributed by atoms with Crippen LogP contribution in [0.5, 0.6) is 5.75 Å². The molecule has 2 aromatic carbocycles. The first-order valence-corrected chi connectivity index (χ1v) is 10.9. The van der Waals surface area contributed by atoms with Crippen LogP contribution in [0.2, 0.25) is 10.0 Å². The summed E-state index contributed by atoms with van der Waals surface area (Å²) in [6, 6.07) is 8.53. The molecule has 1 heterocycles. The zero-order valence-corrected chi connectivity index (χ0v) is 19.4. The highest BCUT2D eigenvalue weighted by molar-refractivity contribution is 14.1. The van der Waals surface area contributed by atoms with Crippen LogP contribution in [0.25, 0.3) is 6.08 Å². The fourth-order valence-corrected chi connectivity index (χ4v) is 5.47. The van der Waals surface area contributed by atoms with Gasteiger partial charge in [0, 0.05) is 15.6 Å². The molecule has 0 saturated carbocycles. The van der Waals surface area contributed by atoms with Gasteiger partial charge in [0.25, 0.3) is 11.1 Å². The van der Waals surface area contributed by atoms with E-state index in [0.717, 1.165) is 22.2 Å². The van der Waals surface area contributed by atoms with Crippen molar-refractivity contribution in [2.24, 2.45) is 0 Å². The third-order valence-corrected chi connectivity index (χ3v) is 6.85. The standard InChI is InChI=1S/C17H9Cl2I2NO3S/c18-10-2-1-3-11(19)9(10)7-22-16(24)14(26-17(22)25)6-8-4-12(20)15(23)13(21)5-8/h1-6,23H,7H2/b14-6-. The van der Waals surface area contributed by atoms with Gasteiger partial charge in [0.1, 0.15) is 5.75 Å². The summed E-state index contributed by atoms with van der Waals surface area (Å²) in [6.45, 7) is 0.0190. The van der Waals surface area contributed by atoms with E-state index in [0.29, 0.717) is 27.7 Å². The smallest absolute Gasteiger partial charge is 0.293 e. The minimum absolute atomic E-state index is 0.0190. The molecule has 0 aromatic heterocycles. The van der Waals surface area contributed by atoms with Crippen LogP contribution in [0.4, 0.5) is 4.79 Å². The Kier molecular flexibility index (Phi) is 6.43. The van der Waals surface area contributed by atoms with Crippen LogP contribution >= 0.6 is 80.1 Å². The molecule has 1 aliphatic heterocycles. The second kappa shape index (κ2) is 8.26. The number of hydrogen-bond acceptors (Lipinski definition) is 4. The maximum Gasteiger partial charge on any atom is 0.293 e. The molecule has 26 heavy (non-hydrogen) atoms. The van der Waals surface area contributed by atoms with Gasteiger partial charge in [-0.15, -0.1) is 0 Å². The predicted molar refractivity (Wildman–Crippen MR) is 122 cm³/mol. The van der Waals surface area contributed by atoms with Crippen LogP contribution < -0.4 is 0 Å². The lowest BCUT2D eigenvalue weighted by Crippen LogP contribution is -2.27. The topological polar surface area (TPSA) is 57.6 Å². The summed E-state index contributed by atoms with van der Waals surface area (Å²) in [7, 11) is 0. The van der Waals surface area contributed by atoms with E-state index in [9.17, 15) is 14.7 Å². The lowest BCUT2D eigenvalue weighted by molar-refractivity contribution is -0.123. The molecule has 4 nitrogen and oxygen atoms in total. The van der Waals surface area contributed by atoms with E-state index in [1.54, 1.807) is 36.4 Å². The van der Waals surface area contributed by atoms with E-state index >= 15 is 0 Å². The van der Waals surface area contributed by atoms with Gasteiger partial charge in [-0.25, -0.2) is 0 Å². The van der Waals surface area contributed by atoms with Crippen molar-refractivity contribution < 1.29 is 14.7 Å². The van der Waals surface area contributed by atoms with E-state index in [1.165, 1.54) is 0 Å². The number of aromatic hydroxyl groups is 1. The number of carbonyl (C=O) groups is 2. The average Bonchev–Trinajstić information content (AvgIpc) is 2.83. The molecule has 2 aromatic rings. The summed E-state index contributed by atoms with van der Waals surface area (Å²) in [4.78, 5) is 26.4. The molecule has 1 aliphatic rings. The molecular formula is C17H9Cl2I2NO3S. The van der Waals surface area contributed by atoms with Crippen LogP contribution in [0.15, 0.2) is 35.2 Å². The number of nitrogens with zero attached hydrogens (tertiary/aromatic N) is 1. The second-order valence-corrected chi connectivity index (χ2v) is 9.43. The van der Waals surface area contributed by atoms with Crippen molar-refractivity contribution in [1.82, 2.24) is 4.90 Å². The van der Waals surface area contributed by atoms with Gasteiger partial charge in [0.05, 0.1) is 18.6 Å². The van der Waals surface area contributed by atoms with Gasteiger partial charge in [-0.1, -0.05) is 29.3 Å². The zero-order chi connectivity index (χ0) is 19.0. The van der Waals surface area contributed by atoms with E-state index < -0.39 is 5.91 Å². The van der Waals surface area contributed by atoms with Crippen LogP contribution in [0, 0.1) is 7.14 Å². The molecule has 0 bridgehead atoms. The molecule has 0 aliphatic carbocycles. The van der Waals surface area contributed by atoms with Crippen molar-refractivity contribution in [3.8, 4) is 5.75 Å². The number of carbonyl (C=O) groups excluding carboxylic acids is 2. The Morgan fingerprint density at radius 2 is 1.69 bits per heavy atom. The highest BCUT2D eigenvalue weighted by Crippen LogP contribution is 2.36. The number of hydrogen-bond donors (Lipinski definition) is 1. The number of halogens is 4. The normalized spacial score (nSPS) is 16.0. The number of amides is 2. The van der Waals surface area contributed by atoms with Crippen LogP contribution in [-0.2, 0) is 11.3 Å². The van der Waals surface area contributed by atoms with Gasteiger partial charge < -0.3 is 5.11 Å². The number of imide groups is 1. The van der Waals surface area contributed by atoms with Crippen molar-refractivity contribution in [2.75, 3.05) is 0 Å². The molecule has 1 N–H and O–H groups in total. The van der Waals surface area contributed by atoms with Gasteiger partial charge in [-0.2, -0.15) is 0 Å². The third kappa shape index (κ3) is 4.16. The van der Waals surface area contributed by atoms with Gasteiger partial charge in [-0.05, 0) is 92.8 Å². The molecule has 134 valence electrons. The molecule has 1 fully saturated rings. The monoisotopic (exact) mass is 631 g/mol. The summed E-state index contributed by atoms with van der Waals surface area (Å²) >= 11 is 17.2. The Morgan fingerprint density at radius 1 is 1.12 bits per heavy atom. The Bertz CT molecular complexity index is 922. The van der Waals surface area contributed by atoms with Crippen molar-refractivity contribution >= 4 is 97.4 Å². The van der Waals surface area contributed by atoms with Crippen molar-refractivity contribution in [3.05, 3.63) is 63.5 Å². The molecule has 9 heteroatoms. The number of benzene rings is 2. The number of phenolic OH excluding ortho intramolecular Hbond substituents is 1. The fraction of sp³-hybridized carbons (Fsp3) is 0.0588. The average molecular weight is 632 g/mol. The minimum Gasteiger partial charge on any atom is -0.506 e. The first-order valence-electron chi connectivity index (χ1n) is 7.14. The van der Waals surface area contributed by atoms with E-state index in [4.69, 9.17) is 23.2 Å². The summed E-state index contributed by atoms with van der Waals surface area (Å²) in [5, 5.41) is 10.3. The van der Waals surface area contributed by atoms with Gasteiger partial charge in [0.15, 0.2) is 0 Å². The summed E-state index contributed by atoms with van der Waals surface area (Å²) in [6.07, 6.45) is 1.64. The maximum absolute atomic E-state index is 12.7. The molecule has 1 saturated heterocycles. The zero-order valence-electron chi connectivity index (χ0n) is 12.8. The molecule has 2 amide bonds. The van der Waals surface area contributed by atoms with Crippen LogP contribution in [0.3, 0.4) is 0 Å². The quantitative estimate of drug-likeness (QED) is 0.327. The Balaban J connectivity index is 1.90. The molecule has 0 spiro atoms. The number of phenols is 1. The Hall–Kier alpha value is -0.490. The third-order valence-electron chi connectivity index (χ3n) is 3.59. The molecule has 0 atom stereocenters. The SMILES string of the molecule is O=C1S/C(=C\c2cc(I)c(O)c(I)c2)C(=O)N1Cc1c(Cl)cccc1Cl. The Morgan fingerprint density at radius 3 is 2.27 bits per heavy atom. The first kappa shape index (κ1) is 20.2. The lowest BCUT2D eigenvalue weighted by Gasteiger charge is -2.14. The summed E-state index contributed by atoms with van der Waals surface area (Å²) in [5.41, 5.74) is 1.27. The van der Waals surface area contributed by atoms with Crippen molar-refractivity contribution in [1.29, 1.82) is 0 Å². The van der Waals surface area contributed by atoms with E-state index in [2.05, 4.69) is 0 Å². The van der Waals surface area contributed by atoms with Gasteiger partial charge in [0.2, 0.25) is 0 Å². The first-order chi connectivity index (χ1) is 12.3. The van der Waals surface area contributed by atoms with Crippen LogP contribution in [-0.4, -0.2) is 21.2 Å². The van der Waals surface area contributed by atoms with E-state index in [1.807, 2.05) is 45.2 Å². The lowest BCUT2D eigenvalue weighted by atomic mass is 10.2. The Labute approximate surface area is 191 Å². The number of rotatable bonds is 3. The molecule has 3 rings (SSSR count). The van der Waals surface area contributed by atoms with Crippen molar-refractivity contribution in [3.63, 3.8) is 0 Å². The second-order valence-electron chi connectivity index (χ2n) is 5.30. The summed E-state index contributed by atoms with van der Waals surface area (Å²) in [5.74, 6) is -0.195. The highest BCUT2D eigenvalue weighted by atomic mass is 127. The van der Waals surface area contributed by atoms with Gasteiger partial charge >= 0.3 is 0 Å². The largest absolute Gasteiger partial charge is 0.506 e. The van der Waals surface area contributed by atoms with Crippen LogP contribution in [0.1, 0.15) is 11.1 Å². The summed E-state index contributed by atoms with van der Waals surface area (Å²) < 4.78 is 1.34. The fourth-order valence-electron chi connectivity index (χ4n) is 2.30. The van der Waals surface area contributed by atoms with E-state index in [-0.39, 0.29) is 17.5 Å². The number of thioether (sulfide) groups is 1. The molecule has 0 radical (unpaired) electrons. The maximum atomic E-state index is 12.7. The highest BCUT2D eigenvalue weighted by Gasteiger charge is 2.35. The molecule has 0 unspecified atom stereocenters. The molecular weight excluding hydrogens is 623 g/mol. The van der Waals surface area contributed by atoms with Crippen molar-refractivity contribution in [2.45, 2.75) is 6.54 Å². The van der Waals surface area contributed by atoms with Gasteiger partial charge in [-0.3, -0.25) is 14.5 Å².